The van der Waals surface area contributed by atoms with Gasteiger partial charge in [-0.1, -0.05) is 20.8 Å². The van der Waals surface area contributed by atoms with E-state index in [1.807, 2.05) is 27.7 Å². The highest BCUT2D eigenvalue weighted by Gasteiger charge is 2.23. The number of carboxylic acids is 1. The van der Waals surface area contributed by atoms with Crippen molar-refractivity contribution in [2.24, 2.45) is 0 Å². The van der Waals surface area contributed by atoms with Gasteiger partial charge in [0.25, 0.3) is 0 Å². The Hall–Kier alpha value is -1.07. The molecule has 0 amide bonds. The molecule has 4 nitrogen and oxygen atoms in total. The van der Waals surface area contributed by atoms with Gasteiger partial charge in [0, 0.05) is 11.5 Å². The quantitative estimate of drug-likeness (QED) is 0.651. The van der Waals surface area contributed by atoms with Crippen molar-refractivity contribution in [3.8, 4) is 5.75 Å². The van der Waals surface area contributed by atoms with Crippen molar-refractivity contribution in [3.63, 3.8) is 0 Å². The highest BCUT2D eigenvalue weighted by Crippen LogP contribution is 2.36. The monoisotopic (exact) mass is 258 g/mol. The van der Waals surface area contributed by atoms with Crippen molar-refractivity contribution >= 4 is 17.3 Å². The number of carbonyl (C=O) groups is 1. The first kappa shape index (κ1) is 14.0. The zero-order valence-corrected chi connectivity index (χ0v) is 11.4. The molecule has 1 rings (SSSR count). The molecule has 1 aromatic heterocycles. The molecule has 0 fully saturated rings. The van der Waals surface area contributed by atoms with Gasteiger partial charge in [-0.25, -0.2) is 4.79 Å². The van der Waals surface area contributed by atoms with Crippen molar-refractivity contribution in [1.29, 1.82) is 0 Å². The van der Waals surface area contributed by atoms with E-state index >= 15 is 0 Å². The molecule has 1 N–H and O–H groups in total. The highest BCUT2D eigenvalue weighted by molar-refractivity contribution is 7.14. The van der Waals surface area contributed by atoms with Gasteiger partial charge in [0.2, 0.25) is 0 Å². The van der Waals surface area contributed by atoms with Gasteiger partial charge in [-0.2, -0.15) is 0 Å². The van der Waals surface area contributed by atoms with Crippen LogP contribution in [0.3, 0.4) is 0 Å². The third kappa shape index (κ3) is 3.71. The molecular weight excluding hydrogens is 240 g/mol. The normalized spacial score (nSPS) is 11.5. The lowest BCUT2D eigenvalue weighted by molar-refractivity contribution is 0.0217. The molecule has 1 heterocycles. The summed E-state index contributed by atoms with van der Waals surface area (Å²) in [4.78, 5) is 12.3. The number of rotatable bonds is 5. The molecule has 17 heavy (non-hydrogen) atoms. The summed E-state index contributed by atoms with van der Waals surface area (Å²) in [6.45, 7) is 8.59. The molecule has 0 atom stereocenters. The first-order valence-electron chi connectivity index (χ1n) is 5.44. The van der Waals surface area contributed by atoms with E-state index in [4.69, 9.17) is 14.6 Å². The van der Waals surface area contributed by atoms with Crippen LogP contribution in [0, 0.1) is 0 Å². The van der Waals surface area contributed by atoms with E-state index in [2.05, 4.69) is 0 Å². The smallest absolute Gasteiger partial charge is 0.349 e. The van der Waals surface area contributed by atoms with E-state index in [1.54, 1.807) is 6.07 Å². The van der Waals surface area contributed by atoms with E-state index in [1.165, 1.54) is 11.3 Å². The number of carboxylic acid groups (broad SMARTS) is 1. The van der Waals surface area contributed by atoms with Crippen LogP contribution in [0.1, 0.15) is 42.2 Å². The molecule has 0 aliphatic heterocycles. The van der Waals surface area contributed by atoms with E-state index < -0.39 is 5.97 Å². The minimum absolute atomic E-state index is 0.0805. The molecule has 0 bridgehead atoms. The maximum Gasteiger partial charge on any atom is 0.349 e. The molecule has 0 spiro atoms. The lowest BCUT2D eigenvalue weighted by Gasteiger charge is -2.14. The second kappa shape index (κ2) is 5.51. The predicted octanol–water partition coefficient (Wildman–Crippen LogP) is 3.12. The van der Waals surface area contributed by atoms with Gasteiger partial charge in [0.1, 0.15) is 5.75 Å². The Bertz CT molecular complexity index is 390. The van der Waals surface area contributed by atoms with Gasteiger partial charge in [-0.3, -0.25) is 0 Å². The number of thiophene rings is 1. The molecule has 0 aliphatic carbocycles. The first-order valence-corrected chi connectivity index (χ1v) is 6.26. The molecule has 0 aliphatic rings. The summed E-state index contributed by atoms with van der Waals surface area (Å²) in [6.07, 6.45) is 0. The fourth-order valence-corrected chi connectivity index (χ4v) is 2.19. The zero-order chi connectivity index (χ0) is 13.1. The molecular formula is C12H18O4S. The number of hydrogen-bond donors (Lipinski definition) is 1. The number of ether oxygens (including phenoxy) is 2. The average molecular weight is 258 g/mol. The van der Waals surface area contributed by atoms with Crippen molar-refractivity contribution in [2.45, 2.75) is 33.1 Å². The van der Waals surface area contributed by atoms with Gasteiger partial charge < -0.3 is 14.6 Å². The molecule has 96 valence electrons. The van der Waals surface area contributed by atoms with Gasteiger partial charge >= 0.3 is 5.97 Å². The Balaban J connectivity index is 2.94. The van der Waals surface area contributed by atoms with Gasteiger partial charge in [0.05, 0.1) is 0 Å². The number of aromatic carboxylic acids is 1. The Morgan fingerprint density at radius 3 is 2.59 bits per heavy atom. The fraction of sp³-hybridized carbons (Fsp3) is 0.583. The van der Waals surface area contributed by atoms with Crippen LogP contribution in [0.15, 0.2) is 6.07 Å². The van der Waals surface area contributed by atoms with Gasteiger partial charge in [-0.15, -0.1) is 11.3 Å². The highest BCUT2D eigenvalue weighted by atomic mass is 32.1. The maximum absolute atomic E-state index is 11.1. The fourth-order valence-electron chi connectivity index (χ4n) is 1.19. The summed E-state index contributed by atoms with van der Waals surface area (Å²) in [5.41, 5.74) is -0.0813. The van der Waals surface area contributed by atoms with Crippen molar-refractivity contribution in [3.05, 3.63) is 15.8 Å². The van der Waals surface area contributed by atoms with Crippen LogP contribution in [-0.2, 0) is 10.2 Å². The molecule has 0 saturated carbocycles. The zero-order valence-electron chi connectivity index (χ0n) is 10.6. The van der Waals surface area contributed by atoms with E-state index in [0.717, 1.165) is 4.88 Å². The van der Waals surface area contributed by atoms with Crippen LogP contribution in [0.25, 0.3) is 0 Å². The summed E-state index contributed by atoms with van der Waals surface area (Å²) in [5.74, 6) is -0.571. The van der Waals surface area contributed by atoms with E-state index in [0.29, 0.717) is 12.4 Å². The Labute approximate surface area is 105 Å². The summed E-state index contributed by atoms with van der Waals surface area (Å²) >= 11 is 1.25. The lowest BCUT2D eigenvalue weighted by Crippen LogP contribution is -2.08. The molecule has 5 heteroatoms. The third-order valence-corrected chi connectivity index (χ3v) is 3.66. The lowest BCUT2D eigenvalue weighted by atomic mass is 9.95. The SMILES string of the molecule is CCOCOc1cc(C(C)(C)C)sc1C(=O)O. The molecule has 0 saturated heterocycles. The first-order chi connectivity index (χ1) is 7.86. The predicted molar refractivity (Wildman–Crippen MR) is 67.1 cm³/mol. The standard InChI is InChI=1S/C12H18O4S/c1-5-15-7-16-8-6-9(12(2,3)4)17-10(8)11(13)14/h6H,5,7H2,1-4H3,(H,13,14). The van der Waals surface area contributed by atoms with Gasteiger partial charge in [-0.05, 0) is 18.4 Å². The van der Waals surface area contributed by atoms with Crippen molar-refractivity contribution in [2.75, 3.05) is 13.4 Å². The summed E-state index contributed by atoms with van der Waals surface area (Å²) in [6, 6.07) is 1.78. The largest absolute Gasteiger partial charge is 0.477 e. The Morgan fingerprint density at radius 1 is 1.47 bits per heavy atom. The van der Waals surface area contributed by atoms with Crippen molar-refractivity contribution < 1.29 is 19.4 Å². The second-order valence-electron chi connectivity index (χ2n) is 4.61. The minimum Gasteiger partial charge on any atom is -0.477 e. The third-order valence-electron chi connectivity index (χ3n) is 2.13. The molecule has 0 unspecified atom stereocenters. The molecule has 0 radical (unpaired) electrons. The van der Waals surface area contributed by atoms with E-state index in [-0.39, 0.29) is 17.1 Å². The summed E-state index contributed by atoms with van der Waals surface area (Å²) < 4.78 is 10.4. The summed E-state index contributed by atoms with van der Waals surface area (Å²) in [7, 11) is 0. The van der Waals surface area contributed by atoms with Crippen LogP contribution in [0.4, 0.5) is 0 Å². The van der Waals surface area contributed by atoms with Crippen LogP contribution in [0.5, 0.6) is 5.75 Å². The van der Waals surface area contributed by atoms with Crippen LogP contribution < -0.4 is 4.74 Å². The number of hydrogen-bond acceptors (Lipinski definition) is 4. The average Bonchev–Trinajstić information content (AvgIpc) is 2.61. The minimum atomic E-state index is -0.961. The van der Waals surface area contributed by atoms with Crippen molar-refractivity contribution in [1.82, 2.24) is 0 Å². The summed E-state index contributed by atoms with van der Waals surface area (Å²) in [5, 5.41) is 9.09. The molecule has 0 aromatic carbocycles. The van der Waals surface area contributed by atoms with Gasteiger partial charge in [0.15, 0.2) is 11.7 Å². The maximum atomic E-state index is 11.1. The topological polar surface area (TPSA) is 55.8 Å². The van der Waals surface area contributed by atoms with E-state index in [9.17, 15) is 4.79 Å². The second-order valence-corrected chi connectivity index (χ2v) is 5.67. The van der Waals surface area contributed by atoms with Crippen LogP contribution in [-0.4, -0.2) is 24.5 Å². The molecule has 1 aromatic rings. The Morgan fingerprint density at radius 2 is 2.12 bits per heavy atom. The van der Waals surface area contributed by atoms with Crippen LogP contribution in [0.2, 0.25) is 0 Å². The van der Waals surface area contributed by atoms with Crippen LogP contribution >= 0.6 is 11.3 Å². The Kier molecular flexibility index (Phi) is 4.54.